The molecule has 0 fully saturated rings. The molecule has 26 heavy (non-hydrogen) atoms. The van der Waals surface area contributed by atoms with Crippen molar-refractivity contribution < 1.29 is 19.1 Å². The molecule has 1 aliphatic heterocycles. The Kier molecular flexibility index (Phi) is 5.37. The fourth-order valence-corrected chi connectivity index (χ4v) is 3.27. The Labute approximate surface area is 152 Å². The van der Waals surface area contributed by atoms with Crippen LogP contribution >= 0.6 is 0 Å². The predicted octanol–water partition coefficient (Wildman–Crippen LogP) is 3.65. The highest BCUT2D eigenvalue weighted by molar-refractivity contribution is 5.83. The molecule has 0 radical (unpaired) electrons. The molecule has 0 unspecified atom stereocenters. The summed E-state index contributed by atoms with van der Waals surface area (Å²) in [6.07, 6.45) is 1.47. The van der Waals surface area contributed by atoms with Gasteiger partial charge in [0.05, 0.1) is 13.2 Å². The van der Waals surface area contributed by atoms with Crippen molar-refractivity contribution in [2.75, 3.05) is 7.11 Å². The van der Waals surface area contributed by atoms with Gasteiger partial charge >= 0.3 is 12.1 Å². The fourth-order valence-electron chi connectivity index (χ4n) is 3.27. The fraction of sp³-hybridized carbons (Fsp3) is 0.238. The summed E-state index contributed by atoms with van der Waals surface area (Å²) in [5, 5.41) is 0. The summed E-state index contributed by atoms with van der Waals surface area (Å²) in [7, 11) is 1.32. The van der Waals surface area contributed by atoms with Gasteiger partial charge in [-0.2, -0.15) is 0 Å². The molecular formula is C21H21NO4. The van der Waals surface area contributed by atoms with Gasteiger partial charge in [-0.05, 0) is 16.7 Å². The zero-order chi connectivity index (χ0) is 18.5. The quantitative estimate of drug-likeness (QED) is 0.623. The minimum atomic E-state index is -0.749. The van der Waals surface area contributed by atoms with Gasteiger partial charge < -0.3 is 9.47 Å². The topological polar surface area (TPSA) is 55.8 Å². The van der Waals surface area contributed by atoms with E-state index in [4.69, 9.17) is 9.47 Å². The highest BCUT2D eigenvalue weighted by Crippen LogP contribution is 2.35. The Morgan fingerprint density at radius 3 is 2.54 bits per heavy atom. The second kappa shape index (κ2) is 7.87. The number of rotatable bonds is 4. The maximum atomic E-state index is 12.8. The number of hydrogen-bond donors (Lipinski definition) is 0. The maximum Gasteiger partial charge on any atom is 0.411 e. The van der Waals surface area contributed by atoms with Gasteiger partial charge in [0.15, 0.2) is 0 Å². The summed E-state index contributed by atoms with van der Waals surface area (Å²) in [5.74, 6) is -0.469. The van der Waals surface area contributed by atoms with Crippen LogP contribution in [0.15, 0.2) is 67.3 Å². The van der Waals surface area contributed by atoms with E-state index in [1.807, 2.05) is 54.6 Å². The number of methoxy groups -OCH3 is 1. The first kappa shape index (κ1) is 17.7. The minimum Gasteiger partial charge on any atom is -0.467 e. The van der Waals surface area contributed by atoms with Gasteiger partial charge in [-0.25, -0.2) is 9.59 Å². The Balaban J connectivity index is 1.88. The van der Waals surface area contributed by atoms with E-state index < -0.39 is 24.1 Å². The number of carbonyl (C=O) groups excluding carboxylic acids is 2. The summed E-state index contributed by atoms with van der Waals surface area (Å²) in [5.41, 5.74) is 2.82. The van der Waals surface area contributed by atoms with E-state index in [-0.39, 0.29) is 6.61 Å². The lowest BCUT2D eigenvalue weighted by molar-refractivity contribution is -0.147. The SMILES string of the molecule is C=C[C@@H]1c2ccccc2C[C@@H](C(=O)OC)N1C(=O)OCc1ccccc1. The number of carbonyl (C=O) groups is 2. The molecule has 0 saturated carbocycles. The largest absolute Gasteiger partial charge is 0.467 e. The Morgan fingerprint density at radius 1 is 1.15 bits per heavy atom. The lowest BCUT2D eigenvalue weighted by Gasteiger charge is -2.39. The van der Waals surface area contributed by atoms with E-state index in [1.54, 1.807) is 6.08 Å². The number of amides is 1. The lowest BCUT2D eigenvalue weighted by Crippen LogP contribution is -2.51. The van der Waals surface area contributed by atoms with Crippen molar-refractivity contribution in [2.24, 2.45) is 0 Å². The van der Waals surface area contributed by atoms with Crippen molar-refractivity contribution in [1.82, 2.24) is 4.90 Å². The standard InChI is InChI=1S/C21H21NO4/c1-3-18-17-12-8-7-11-16(17)13-19(20(23)25-2)22(18)21(24)26-14-15-9-5-4-6-10-15/h3-12,18-19H,1,13-14H2,2H3/t18-,19+/m1/s1. The van der Waals surface area contributed by atoms with E-state index in [1.165, 1.54) is 12.0 Å². The molecule has 2 aromatic rings. The smallest absolute Gasteiger partial charge is 0.411 e. The summed E-state index contributed by atoms with van der Waals surface area (Å²) >= 11 is 0. The Morgan fingerprint density at radius 2 is 1.85 bits per heavy atom. The number of benzene rings is 2. The second-order valence-electron chi connectivity index (χ2n) is 6.07. The number of esters is 1. The van der Waals surface area contributed by atoms with Crippen molar-refractivity contribution >= 4 is 12.1 Å². The lowest BCUT2D eigenvalue weighted by atomic mass is 9.88. The van der Waals surface area contributed by atoms with Crippen LogP contribution in [0.4, 0.5) is 4.79 Å². The summed E-state index contributed by atoms with van der Waals surface area (Å²) in [6.45, 7) is 3.99. The van der Waals surface area contributed by atoms with Crippen molar-refractivity contribution in [3.05, 3.63) is 83.9 Å². The van der Waals surface area contributed by atoms with E-state index in [0.29, 0.717) is 6.42 Å². The van der Waals surface area contributed by atoms with Gasteiger partial charge in [0, 0.05) is 6.42 Å². The van der Waals surface area contributed by atoms with Crippen LogP contribution in [0.5, 0.6) is 0 Å². The third kappa shape index (κ3) is 3.47. The monoisotopic (exact) mass is 351 g/mol. The van der Waals surface area contributed by atoms with Gasteiger partial charge in [-0.3, -0.25) is 4.90 Å². The Bertz CT molecular complexity index is 803. The van der Waals surface area contributed by atoms with Crippen LogP contribution in [-0.4, -0.2) is 30.1 Å². The molecule has 0 bridgehead atoms. The summed E-state index contributed by atoms with van der Waals surface area (Å²) in [6, 6.07) is 15.9. The number of nitrogens with zero attached hydrogens (tertiary/aromatic N) is 1. The first-order chi connectivity index (χ1) is 12.7. The molecule has 2 atom stereocenters. The Hall–Kier alpha value is -3.08. The molecule has 0 saturated heterocycles. The number of ether oxygens (including phenoxy) is 2. The highest BCUT2D eigenvalue weighted by atomic mass is 16.6. The summed E-state index contributed by atoms with van der Waals surface area (Å²) in [4.78, 5) is 26.6. The molecule has 0 aliphatic carbocycles. The normalized spacial score (nSPS) is 18.6. The minimum absolute atomic E-state index is 0.134. The molecule has 5 nitrogen and oxygen atoms in total. The molecule has 5 heteroatoms. The van der Waals surface area contributed by atoms with Crippen molar-refractivity contribution in [3.63, 3.8) is 0 Å². The molecule has 2 aromatic carbocycles. The van der Waals surface area contributed by atoms with Crippen molar-refractivity contribution in [3.8, 4) is 0 Å². The summed E-state index contributed by atoms with van der Waals surface area (Å²) < 4.78 is 10.4. The predicted molar refractivity (Wildman–Crippen MR) is 97.4 cm³/mol. The maximum absolute atomic E-state index is 12.8. The van der Waals surface area contributed by atoms with E-state index in [9.17, 15) is 9.59 Å². The molecule has 3 rings (SSSR count). The van der Waals surface area contributed by atoms with Gasteiger partial charge in [-0.1, -0.05) is 60.7 Å². The van der Waals surface area contributed by atoms with Gasteiger partial charge in [0.1, 0.15) is 12.6 Å². The molecule has 0 N–H and O–H groups in total. The van der Waals surface area contributed by atoms with Crippen LogP contribution in [0.3, 0.4) is 0 Å². The molecule has 0 aromatic heterocycles. The van der Waals surface area contributed by atoms with Gasteiger partial charge in [-0.15, -0.1) is 6.58 Å². The van der Waals surface area contributed by atoms with E-state index in [0.717, 1.165) is 16.7 Å². The average molecular weight is 351 g/mol. The van der Waals surface area contributed by atoms with Gasteiger partial charge in [0.2, 0.25) is 0 Å². The van der Waals surface area contributed by atoms with Crippen LogP contribution in [0.25, 0.3) is 0 Å². The molecule has 1 aliphatic rings. The average Bonchev–Trinajstić information content (AvgIpc) is 2.70. The van der Waals surface area contributed by atoms with E-state index in [2.05, 4.69) is 6.58 Å². The molecular weight excluding hydrogens is 330 g/mol. The number of fused-ring (bicyclic) bond motifs is 1. The van der Waals surface area contributed by atoms with Crippen LogP contribution in [0.2, 0.25) is 0 Å². The number of hydrogen-bond acceptors (Lipinski definition) is 4. The van der Waals surface area contributed by atoms with Gasteiger partial charge in [0.25, 0.3) is 0 Å². The van der Waals surface area contributed by atoms with Crippen LogP contribution in [-0.2, 0) is 27.3 Å². The second-order valence-corrected chi connectivity index (χ2v) is 6.07. The van der Waals surface area contributed by atoms with Crippen molar-refractivity contribution in [1.29, 1.82) is 0 Å². The van der Waals surface area contributed by atoms with Crippen LogP contribution in [0.1, 0.15) is 22.7 Å². The van der Waals surface area contributed by atoms with Crippen LogP contribution in [0, 0.1) is 0 Å². The zero-order valence-electron chi connectivity index (χ0n) is 14.6. The molecule has 1 amide bonds. The van der Waals surface area contributed by atoms with Crippen molar-refractivity contribution in [2.45, 2.75) is 25.1 Å². The third-order valence-electron chi connectivity index (χ3n) is 4.53. The molecule has 134 valence electrons. The zero-order valence-corrected chi connectivity index (χ0v) is 14.6. The highest BCUT2D eigenvalue weighted by Gasteiger charge is 2.41. The first-order valence-electron chi connectivity index (χ1n) is 8.43. The third-order valence-corrected chi connectivity index (χ3v) is 4.53. The first-order valence-corrected chi connectivity index (χ1v) is 8.43. The molecule has 0 spiro atoms. The van der Waals surface area contributed by atoms with Crippen LogP contribution < -0.4 is 0 Å². The molecule has 1 heterocycles. The van der Waals surface area contributed by atoms with E-state index >= 15 is 0 Å².